The van der Waals surface area contributed by atoms with Crippen LogP contribution >= 0.6 is 12.2 Å². The van der Waals surface area contributed by atoms with Crippen molar-refractivity contribution in [2.75, 3.05) is 25.1 Å². The van der Waals surface area contributed by atoms with Crippen molar-refractivity contribution in [3.05, 3.63) is 48.0 Å². The third-order valence-electron chi connectivity index (χ3n) is 3.72. The van der Waals surface area contributed by atoms with Crippen LogP contribution in [0.15, 0.2) is 47.6 Å². The monoisotopic (exact) mass is 371 g/mol. The van der Waals surface area contributed by atoms with E-state index in [0.717, 1.165) is 34.2 Å². The van der Waals surface area contributed by atoms with Crippen molar-refractivity contribution in [1.29, 1.82) is 0 Å². The fraction of sp³-hybridized carbons (Fsp3) is 0.263. The molecule has 6 nitrogen and oxygen atoms in total. The standard InChI is InChI=1S/C19H21N3O3S/c1-3-23-16-7-5-4-6-15(16)20-19(26)22-21-13(2)14-8-9-17-18(12-14)25-11-10-24-17/h4-9,12H,3,10-11H2,1-2H3,(H2,20,22,26)/b21-13-. The minimum atomic E-state index is 0.383. The average Bonchev–Trinajstić information content (AvgIpc) is 2.67. The Bertz CT molecular complexity index is 823. The van der Waals surface area contributed by atoms with E-state index >= 15 is 0 Å². The number of ether oxygens (including phenoxy) is 3. The molecule has 0 bridgehead atoms. The Labute approximate surface area is 158 Å². The van der Waals surface area contributed by atoms with Crippen LogP contribution in [0.1, 0.15) is 19.4 Å². The molecule has 2 aromatic rings. The molecule has 3 rings (SSSR count). The summed E-state index contributed by atoms with van der Waals surface area (Å²) in [6, 6.07) is 13.4. The van der Waals surface area contributed by atoms with Gasteiger partial charge in [0.25, 0.3) is 0 Å². The average molecular weight is 371 g/mol. The maximum Gasteiger partial charge on any atom is 0.191 e. The summed E-state index contributed by atoms with van der Waals surface area (Å²) in [4.78, 5) is 0. The lowest BCUT2D eigenvalue weighted by atomic mass is 10.1. The van der Waals surface area contributed by atoms with Gasteiger partial charge >= 0.3 is 0 Å². The Morgan fingerprint density at radius 1 is 1.15 bits per heavy atom. The van der Waals surface area contributed by atoms with E-state index in [1.54, 1.807) is 0 Å². The number of hydrogen-bond donors (Lipinski definition) is 2. The van der Waals surface area contributed by atoms with Gasteiger partial charge in [-0.2, -0.15) is 5.10 Å². The molecule has 2 N–H and O–H groups in total. The SMILES string of the molecule is CCOc1ccccc1NC(=S)N/N=C(/C)c1ccc2c(c1)OCCO2. The molecule has 0 atom stereocenters. The van der Waals surface area contributed by atoms with Gasteiger partial charge in [-0.25, -0.2) is 0 Å². The van der Waals surface area contributed by atoms with Crippen LogP contribution in [0.5, 0.6) is 17.2 Å². The zero-order valence-corrected chi connectivity index (χ0v) is 15.6. The van der Waals surface area contributed by atoms with Gasteiger partial charge in [0, 0.05) is 5.56 Å². The predicted octanol–water partition coefficient (Wildman–Crippen LogP) is 3.57. The van der Waals surface area contributed by atoms with Crippen molar-refractivity contribution >= 4 is 28.7 Å². The van der Waals surface area contributed by atoms with Crippen LogP contribution in [0, 0.1) is 0 Å². The van der Waals surface area contributed by atoms with Crippen molar-refractivity contribution in [3.63, 3.8) is 0 Å². The second kappa shape index (κ2) is 8.53. The topological polar surface area (TPSA) is 64.1 Å². The summed E-state index contributed by atoms with van der Waals surface area (Å²) in [5.74, 6) is 2.23. The first kappa shape index (κ1) is 18.0. The van der Waals surface area contributed by atoms with Crippen molar-refractivity contribution in [1.82, 2.24) is 5.43 Å². The summed E-state index contributed by atoms with van der Waals surface area (Å²) >= 11 is 5.32. The first-order valence-electron chi connectivity index (χ1n) is 8.40. The Morgan fingerprint density at radius 2 is 1.92 bits per heavy atom. The van der Waals surface area contributed by atoms with Crippen LogP contribution in [0.4, 0.5) is 5.69 Å². The smallest absolute Gasteiger partial charge is 0.191 e. The first-order valence-corrected chi connectivity index (χ1v) is 8.81. The first-order chi connectivity index (χ1) is 12.7. The minimum Gasteiger partial charge on any atom is -0.492 e. The molecular weight excluding hydrogens is 350 g/mol. The molecule has 0 fully saturated rings. The summed E-state index contributed by atoms with van der Waals surface area (Å²) in [6.07, 6.45) is 0. The van der Waals surface area contributed by atoms with Gasteiger partial charge in [-0.05, 0) is 56.4 Å². The number of nitrogens with one attached hydrogen (secondary N) is 2. The molecule has 1 aliphatic rings. The molecule has 0 radical (unpaired) electrons. The largest absolute Gasteiger partial charge is 0.492 e. The molecular formula is C19H21N3O3S. The molecule has 1 heterocycles. The maximum absolute atomic E-state index is 5.60. The highest BCUT2D eigenvalue weighted by atomic mass is 32.1. The number of hydrazone groups is 1. The highest BCUT2D eigenvalue weighted by molar-refractivity contribution is 7.80. The van der Waals surface area contributed by atoms with Gasteiger partial charge in [-0.1, -0.05) is 12.1 Å². The van der Waals surface area contributed by atoms with Crippen molar-refractivity contribution in [2.24, 2.45) is 5.10 Å². The summed E-state index contributed by atoms with van der Waals surface area (Å²) in [7, 11) is 0. The van der Waals surface area contributed by atoms with Gasteiger partial charge in [0.15, 0.2) is 16.6 Å². The zero-order chi connectivity index (χ0) is 18.4. The Hall–Kier alpha value is -2.80. The number of hydrogen-bond acceptors (Lipinski definition) is 5. The van der Waals surface area contributed by atoms with Gasteiger partial charge in [0.05, 0.1) is 18.0 Å². The number of nitrogens with zero attached hydrogens (tertiary/aromatic N) is 1. The Kier molecular flexibility index (Phi) is 5.91. The Balaban J connectivity index is 1.64. The number of fused-ring (bicyclic) bond motifs is 1. The zero-order valence-electron chi connectivity index (χ0n) is 14.7. The van der Waals surface area contributed by atoms with E-state index < -0.39 is 0 Å². The van der Waals surface area contributed by atoms with Crippen LogP contribution in [0.25, 0.3) is 0 Å². The second-order valence-electron chi connectivity index (χ2n) is 5.55. The molecule has 2 aromatic carbocycles. The second-order valence-corrected chi connectivity index (χ2v) is 5.96. The van der Waals surface area contributed by atoms with E-state index in [2.05, 4.69) is 15.8 Å². The van der Waals surface area contributed by atoms with Gasteiger partial charge in [0.1, 0.15) is 19.0 Å². The summed E-state index contributed by atoms with van der Waals surface area (Å²) in [5.41, 5.74) is 5.36. The Morgan fingerprint density at radius 3 is 2.73 bits per heavy atom. The lowest BCUT2D eigenvalue weighted by Gasteiger charge is -2.18. The molecule has 0 spiro atoms. The minimum absolute atomic E-state index is 0.383. The van der Waals surface area contributed by atoms with E-state index in [1.807, 2.05) is 56.3 Å². The molecule has 136 valence electrons. The highest BCUT2D eigenvalue weighted by Crippen LogP contribution is 2.30. The van der Waals surface area contributed by atoms with E-state index in [4.69, 9.17) is 26.4 Å². The summed E-state index contributed by atoms with van der Waals surface area (Å²) in [5, 5.41) is 7.82. The van der Waals surface area contributed by atoms with Crippen molar-refractivity contribution in [3.8, 4) is 17.2 Å². The molecule has 0 saturated carbocycles. The molecule has 26 heavy (non-hydrogen) atoms. The molecule has 0 unspecified atom stereocenters. The van der Waals surface area contributed by atoms with E-state index in [0.29, 0.717) is 24.9 Å². The highest BCUT2D eigenvalue weighted by Gasteiger charge is 2.12. The fourth-order valence-electron chi connectivity index (χ4n) is 2.47. The summed E-state index contributed by atoms with van der Waals surface area (Å²) in [6.45, 7) is 5.55. The molecule has 0 saturated heterocycles. The molecule has 7 heteroatoms. The quantitative estimate of drug-likeness (QED) is 0.476. The van der Waals surface area contributed by atoms with Gasteiger partial charge in [-0.3, -0.25) is 5.43 Å². The molecule has 0 aromatic heterocycles. The van der Waals surface area contributed by atoms with E-state index in [1.165, 1.54) is 0 Å². The van der Waals surface area contributed by atoms with Crippen LogP contribution in [-0.4, -0.2) is 30.6 Å². The number of benzene rings is 2. The van der Waals surface area contributed by atoms with Crippen LogP contribution in [0.3, 0.4) is 0 Å². The molecule has 0 aliphatic carbocycles. The normalized spacial score (nSPS) is 13.1. The third-order valence-corrected chi connectivity index (χ3v) is 3.91. The predicted molar refractivity (Wildman–Crippen MR) is 107 cm³/mol. The van der Waals surface area contributed by atoms with Crippen molar-refractivity contribution < 1.29 is 14.2 Å². The number of para-hydroxylation sites is 2. The van der Waals surface area contributed by atoms with Crippen LogP contribution < -0.4 is 25.0 Å². The number of anilines is 1. The number of rotatable bonds is 5. The van der Waals surface area contributed by atoms with Crippen molar-refractivity contribution in [2.45, 2.75) is 13.8 Å². The van der Waals surface area contributed by atoms with E-state index in [9.17, 15) is 0 Å². The van der Waals surface area contributed by atoms with Gasteiger partial charge in [-0.15, -0.1) is 0 Å². The third kappa shape index (κ3) is 4.43. The molecule has 1 aliphatic heterocycles. The van der Waals surface area contributed by atoms with E-state index in [-0.39, 0.29) is 0 Å². The lowest BCUT2D eigenvalue weighted by molar-refractivity contribution is 0.171. The summed E-state index contributed by atoms with van der Waals surface area (Å²) < 4.78 is 16.7. The van der Waals surface area contributed by atoms with Crippen LogP contribution in [-0.2, 0) is 0 Å². The number of thiocarbonyl (C=S) groups is 1. The maximum atomic E-state index is 5.60. The lowest BCUT2D eigenvalue weighted by Crippen LogP contribution is -2.25. The fourth-order valence-corrected chi connectivity index (χ4v) is 2.62. The molecule has 0 amide bonds. The van der Waals surface area contributed by atoms with Gasteiger partial charge in [0.2, 0.25) is 0 Å². The van der Waals surface area contributed by atoms with Gasteiger partial charge < -0.3 is 19.5 Å². The van der Waals surface area contributed by atoms with Crippen LogP contribution in [0.2, 0.25) is 0 Å².